The van der Waals surface area contributed by atoms with Crippen molar-refractivity contribution in [1.82, 2.24) is 0 Å². The Morgan fingerprint density at radius 2 is 1.22 bits per heavy atom. The zero-order valence-electron chi connectivity index (χ0n) is 4.87. The molecule has 0 aromatic carbocycles. The third-order valence-corrected chi connectivity index (χ3v) is 0.945. The van der Waals surface area contributed by atoms with Crippen LogP contribution in [0.3, 0.4) is 0 Å². The van der Waals surface area contributed by atoms with Gasteiger partial charge in [-0.3, -0.25) is 0 Å². The number of aliphatic hydroxyl groups is 3. The molecule has 0 aliphatic carbocycles. The van der Waals surface area contributed by atoms with Crippen LogP contribution in [0.2, 0.25) is 0 Å². The molecule has 0 heterocycles. The first-order chi connectivity index (χ1) is 3.68. The molecular weight excluding hydrogens is 302 g/mol. The van der Waals surface area contributed by atoms with Gasteiger partial charge in [0.25, 0.3) is 0 Å². The number of rotatable bonds is 3. The predicted octanol–water partition coefficient (Wildman–Crippen LogP) is -2.34. The summed E-state index contributed by atoms with van der Waals surface area (Å²) in [5.74, 6) is 0. The second kappa shape index (κ2) is 5.29. The second-order valence-corrected chi connectivity index (χ2v) is 1.84. The Kier molecular flexibility index (Phi) is 7.16. The smallest absolute Gasteiger partial charge is 0.0856 e. The van der Waals surface area contributed by atoms with Gasteiger partial charge in [0, 0.05) is 20.1 Å². The van der Waals surface area contributed by atoms with Crippen molar-refractivity contribution in [2.45, 2.75) is 5.54 Å². The molecule has 0 unspecified atom stereocenters. The van der Waals surface area contributed by atoms with Crippen LogP contribution in [0.4, 0.5) is 0 Å². The molecule has 5 heteroatoms. The summed E-state index contributed by atoms with van der Waals surface area (Å²) in [7, 11) is 0. The van der Waals surface area contributed by atoms with Crippen molar-refractivity contribution in [2.24, 2.45) is 5.73 Å². The molecule has 0 aromatic heterocycles. The summed E-state index contributed by atoms with van der Waals surface area (Å²) in [5.41, 5.74) is 3.94. The number of hydrogen-bond donors (Lipinski definition) is 4. The van der Waals surface area contributed by atoms with Crippen LogP contribution in [0.15, 0.2) is 0 Å². The fraction of sp³-hybridized carbons (Fsp3) is 1.00. The van der Waals surface area contributed by atoms with E-state index in [2.05, 4.69) is 0 Å². The summed E-state index contributed by atoms with van der Waals surface area (Å²) < 4.78 is 0. The molecule has 0 rings (SSSR count). The molecule has 5 N–H and O–H groups in total. The van der Waals surface area contributed by atoms with Crippen molar-refractivity contribution < 1.29 is 35.4 Å². The molecule has 1 radical (unpaired) electrons. The van der Waals surface area contributed by atoms with Crippen LogP contribution in [0.5, 0.6) is 0 Å². The fourth-order valence-corrected chi connectivity index (χ4v) is 0.150. The Morgan fingerprint density at radius 3 is 1.22 bits per heavy atom. The molecule has 0 aliphatic rings. The largest absolute Gasteiger partial charge is 0.394 e. The molecule has 9 heavy (non-hydrogen) atoms. The summed E-state index contributed by atoms with van der Waals surface area (Å²) in [6.07, 6.45) is 0. The van der Waals surface area contributed by atoms with Crippen molar-refractivity contribution >= 4 is 0 Å². The maximum atomic E-state index is 8.34. The van der Waals surface area contributed by atoms with Crippen molar-refractivity contribution in [2.75, 3.05) is 19.8 Å². The monoisotopic (exact) mass is 314 g/mol. The number of hydrogen-bond acceptors (Lipinski definition) is 4. The van der Waals surface area contributed by atoms with Gasteiger partial charge in [0.05, 0.1) is 25.4 Å². The van der Waals surface area contributed by atoms with Gasteiger partial charge >= 0.3 is 0 Å². The van der Waals surface area contributed by atoms with Gasteiger partial charge in [-0.1, -0.05) is 0 Å². The quantitative estimate of drug-likeness (QED) is 0.470. The molecule has 0 saturated carbocycles. The maximum absolute atomic E-state index is 8.34. The van der Waals surface area contributed by atoms with Crippen LogP contribution in [0, 0.1) is 0 Å². The summed E-state index contributed by atoms with van der Waals surface area (Å²) in [6, 6.07) is 0. The first kappa shape index (κ1) is 12.2. The average molecular weight is 313 g/mol. The van der Waals surface area contributed by atoms with Gasteiger partial charge < -0.3 is 21.1 Å². The van der Waals surface area contributed by atoms with Crippen molar-refractivity contribution in [1.29, 1.82) is 0 Å². The van der Waals surface area contributed by atoms with Crippen molar-refractivity contribution in [3.63, 3.8) is 0 Å². The third kappa shape index (κ3) is 3.97. The first-order valence-corrected chi connectivity index (χ1v) is 2.30. The number of aliphatic hydroxyl groups excluding tert-OH is 3. The van der Waals surface area contributed by atoms with E-state index in [4.69, 9.17) is 21.1 Å². The maximum Gasteiger partial charge on any atom is 0.0856 e. The molecule has 59 valence electrons. The number of nitrogens with two attached hydrogens (primary N) is 1. The predicted molar refractivity (Wildman–Crippen MR) is 28.2 cm³/mol. The molecule has 0 aliphatic heterocycles. The van der Waals surface area contributed by atoms with E-state index in [9.17, 15) is 0 Å². The van der Waals surface area contributed by atoms with E-state index >= 15 is 0 Å². The van der Waals surface area contributed by atoms with E-state index < -0.39 is 25.4 Å². The summed E-state index contributed by atoms with van der Waals surface area (Å²) in [4.78, 5) is 0. The van der Waals surface area contributed by atoms with Gasteiger partial charge in [-0.15, -0.1) is 0 Å². The average Bonchev–Trinajstić information content (AvgIpc) is 1.87. The molecular formula is C4H11IrNO3. The summed E-state index contributed by atoms with van der Waals surface area (Å²) >= 11 is 0. The Balaban J connectivity index is 0. The zero-order chi connectivity index (χ0) is 6.62. The summed E-state index contributed by atoms with van der Waals surface area (Å²) in [6.45, 7) is -1.21. The minimum Gasteiger partial charge on any atom is -0.394 e. The Labute approximate surface area is 67.0 Å². The fourth-order valence-electron chi connectivity index (χ4n) is 0.150. The Bertz CT molecular complexity index is 58.6. The molecule has 0 atom stereocenters. The van der Waals surface area contributed by atoms with E-state index in [-0.39, 0.29) is 20.1 Å². The van der Waals surface area contributed by atoms with E-state index in [0.717, 1.165) is 0 Å². The normalized spacial score (nSPS) is 10.7. The molecule has 4 nitrogen and oxygen atoms in total. The van der Waals surface area contributed by atoms with Crippen LogP contribution in [-0.4, -0.2) is 40.7 Å². The molecule has 0 saturated heterocycles. The van der Waals surface area contributed by atoms with Crippen molar-refractivity contribution in [3.05, 3.63) is 0 Å². The van der Waals surface area contributed by atoms with E-state index in [1.807, 2.05) is 0 Å². The Hall–Kier alpha value is 0.489. The zero-order valence-corrected chi connectivity index (χ0v) is 7.27. The van der Waals surface area contributed by atoms with Crippen LogP contribution >= 0.6 is 0 Å². The summed E-state index contributed by atoms with van der Waals surface area (Å²) in [5, 5.41) is 25.0. The first-order valence-electron chi connectivity index (χ1n) is 2.30. The standard InChI is InChI=1S/C4H11NO3.Ir/c5-4(1-6,2-7)3-8;/h6-8H,1-3,5H2;. The minimum absolute atomic E-state index is 0. The van der Waals surface area contributed by atoms with Crippen LogP contribution in [0.1, 0.15) is 0 Å². The van der Waals surface area contributed by atoms with Gasteiger partial charge in [0.1, 0.15) is 0 Å². The van der Waals surface area contributed by atoms with Crippen LogP contribution < -0.4 is 5.73 Å². The molecule has 0 fully saturated rings. The molecule has 0 spiro atoms. The van der Waals surface area contributed by atoms with Gasteiger partial charge in [0.2, 0.25) is 0 Å². The third-order valence-electron chi connectivity index (χ3n) is 0.945. The van der Waals surface area contributed by atoms with Gasteiger partial charge in [0.15, 0.2) is 0 Å². The van der Waals surface area contributed by atoms with Gasteiger partial charge in [-0.05, 0) is 0 Å². The molecule has 0 bridgehead atoms. The van der Waals surface area contributed by atoms with Crippen molar-refractivity contribution in [3.8, 4) is 0 Å². The van der Waals surface area contributed by atoms with E-state index in [1.54, 1.807) is 0 Å². The SMILES string of the molecule is NC(CO)(CO)CO.[Ir]. The van der Waals surface area contributed by atoms with E-state index in [1.165, 1.54) is 0 Å². The minimum atomic E-state index is -1.21. The van der Waals surface area contributed by atoms with Gasteiger partial charge in [-0.2, -0.15) is 0 Å². The molecule has 0 aromatic rings. The second-order valence-electron chi connectivity index (χ2n) is 1.84. The topological polar surface area (TPSA) is 86.7 Å². The molecule has 0 amide bonds. The van der Waals surface area contributed by atoms with Gasteiger partial charge in [-0.25, -0.2) is 0 Å². The van der Waals surface area contributed by atoms with E-state index in [0.29, 0.717) is 0 Å². The Morgan fingerprint density at radius 1 is 1.00 bits per heavy atom. The van der Waals surface area contributed by atoms with Crippen LogP contribution in [-0.2, 0) is 20.1 Å². The van der Waals surface area contributed by atoms with Crippen LogP contribution in [0.25, 0.3) is 0 Å².